The summed E-state index contributed by atoms with van der Waals surface area (Å²) in [7, 11) is 0. The second-order valence-corrected chi connectivity index (χ2v) is 10.3. The molecule has 0 atom stereocenters. The Morgan fingerprint density at radius 3 is 1.83 bits per heavy atom. The number of likely N-dealkylation sites (tertiary alicyclic amines) is 1. The highest BCUT2D eigenvalue weighted by Crippen LogP contribution is 2.42. The summed E-state index contributed by atoms with van der Waals surface area (Å²) in [5, 5.41) is 0. The lowest BCUT2D eigenvalue weighted by Gasteiger charge is -2.42. The summed E-state index contributed by atoms with van der Waals surface area (Å²) < 4.78 is 0. The smallest absolute Gasteiger partial charge is 0.219 e. The molecule has 0 unspecified atom stereocenters. The van der Waals surface area contributed by atoms with E-state index in [1.54, 1.807) is 6.92 Å². The van der Waals surface area contributed by atoms with Crippen molar-refractivity contribution in [1.82, 2.24) is 4.90 Å². The number of amides is 1. The Balaban J connectivity index is 2.58. The molecule has 3 heteroatoms. The zero-order chi connectivity index (χ0) is 18.8. The fourth-order valence-corrected chi connectivity index (χ4v) is 3.68. The van der Waals surface area contributed by atoms with Gasteiger partial charge in [0.05, 0.1) is 0 Å². The molecule has 1 amide bonds. The summed E-state index contributed by atoms with van der Waals surface area (Å²) in [6, 6.07) is 0. The third kappa shape index (κ3) is 6.22. The van der Waals surface area contributed by atoms with E-state index in [0.29, 0.717) is 18.1 Å². The average molecular weight is 338 g/mol. The van der Waals surface area contributed by atoms with E-state index in [0.717, 1.165) is 38.8 Å². The zero-order valence-corrected chi connectivity index (χ0v) is 17.3. The van der Waals surface area contributed by atoms with Gasteiger partial charge >= 0.3 is 0 Å². The largest absolute Gasteiger partial charge is 0.343 e. The summed E-state index contributed by atoms with van der Waals surface area (Å²) in [5.74, 6) is 1.22. The van der Waals surface area contributed by atoms with Gasteiger partial charge in [0.2, 0.25) is 5.91 Å². The van der Waals surface area contributed by atoms with Crippen molar-refractivity contribution in [3.63, 3.8) is 0 Å². The third-order valence-electron chi connectivity index (χ3n) is 5.89. The molecule has 0 bridgehead atoms. The molecule has 24 heavy (non-hydrogen) atoms. The van der Waals surface area contributed by atoms with Gasteiger partial charge in [0.15, 0.2) is 0 Å². The van der Waals surface area contributed by atoms with Gasteiger partial charge in [-0.3, -0.25) is 9.59 Å². The summed E-state index contributed by atoms with van der Waals surface area (Å²) in [6.45, 7) is 18.7. The molecule has 140 valence electrons. The van der Waals surface area contributed by atoms with Crippen LogP contribution in [-0.4, -0.2) is 29.7 Å². The van der Waals surface area contributed by atoms with Crippen molar-refractivity contribution >= 4 is 11.7 Å². The van der Waals surface area contributed by atoms with Gasteiger partial charge in [0.1, 0.15) is 5.78 Å². The molecule has 1 rings (SSSR count). The number of hydrogen-bond acceptors (Lipinski definition) is 2. The standard InChI is InChI=1S/C21H39NO2/c1-16(23)22-13-9-17(10-14-22)20(5,6)11-12-21(7,8)18(24)15-19(2,3)4/h17H,9-15H2,1-8H3. The van der Waals surface area contributed by atoms with Crippen LogP contribution in [0.5, 0.6) is 0 Å². The van der Waals surface area contributed by atoms with Gasteiger partial charge in [-0.2, -0.15) is 0 Å². The lowest BCUT2D eigenvalue weighted by Crippen LogP contribution is -2.41. The monoisotopic (exact) mass is 337 g/mol. The molecular formula is C21H39NO2. The highest BCUT2D eigenvalue weighted by atomic mass is 16.2. The van der Waals surface area contributed by atoms with Gasteiger partial charge in [-0.05, 0) is 42.4 Å². The predicted molar refractivity (Wildman–Crippen MR) is 101 cm³/mol. The summed E-state index contributed by atoms with van der Waals surface area (Å²) >= 11 is 0. The van der Waals surface area contributed by atoms with Gasteiger partial charge in [0, 0.05) is 31.8 Å². The first-order valence-corrected chi connectivity index (χ1v) is 9.53. The van der Waals surface area contributed by atoms with Crippen LogP contribution in [0.3, 0.4) is 0 Å². The molecule has 3 nitrogen and oxygen atoms in total. The second kappa shape index (κ2) is 7.58. The molecule has 0 spiro atoms. The Hall–Kier alpha value is -0.860. The SMILES string of the molecule is CC(=O)N1CCC(C(C)(C)CCC(C)(C)C(=O)CC(C)(C)C)CC1. The Bertz CT molecular complexity index is 449. The van der Waals surface area contributed by atoms with Crippen LogP contribution in [0, 0.1) is 22.2 Å². The van der Waals surface area contributed by atoms with E-state index in [1.165, 1.54) is 0 Å². The van der Waals surface area contributed by atoms with Gasteiger partial charge in [-0.15, -0.1) is 0 Å². The van der Waals surface area contributed by atoms with E-state index in [1.807, 2.05) is 4.90 Å². The van der Waals surface area contributed by atoms with Crippen molar-refractivity contribution in [3.05, 3.63) is 0 Å². The number of piperidine rings is 1. The van der Waals surface area contributed by atoms with Gasteiger partial charge in [0.25, 0.3) is 0 Å². The Morgan fingerprint density at radius 2 is 1.42 bits per heavy atom. The number of Topliss-reactive ketones (excluding diaryl/α,β-unsaturated/α-hetero) is 1. The van der Waals surface area contributed by atoms with Crippen LogP contribution in [0.4, 0.5) is 0 Å². The van der Waals surface area contributed by atoms with Crippen molar-refractivity contribution in [2.24, 2.45) is 22.2 Å². The van der Waals surface area contributed by atoms with E-state index in [2.05, 4.69) is 48.5 Å². The number of nitrogens with zero attached hydrogens (tertiary/aromatic N) is 1. The molecule has 1 fully saturated rings. The number of ketones is 1. The highest BCUT2D eigenvalue weighted by Gasteiger charge is 2.36. The quantitative estimate of drug-likeness (QED) is 0.677. The first kappa shape index (κ1) is 21.2. The fraction of sp³-hybridized carbons (Fsp3) is 0.905. The summed E-state index contributed by atoms with van der Waals surface area (Å²) in [4.78, 5) is 26.1. The first-order valence-electron chi connectivity index (χ1n) is 9.53. The molecule has 1 heterocycles. The van der Waals surface area contributed by atoms with Gasteiger partial charge in [-0.1, -0.05) is 48.5 Å². The number of hydrogen-bond donors (Lipinski definition) is 0. The minimum Gasteiger partial charge on any atom is -0.343 e. The van der Waals surface area contributed by atoms with Crippen molar-refractivity contribution in [1.29, 1.82) is 0 Å². The lowest BCUT2D eigenvalue weighted by atomic mass is 9.67. The molecule has 0 aromatic heterocycles. The second-order valence-electron chi connectivity index (χ2n) is 10.3. The maximum Gasteiger partial charge on any atom is 0.219 e. The first-order chi connectivity index (χ1) is 10.7. The lowest BCUT2D eigenvalue weighted by molar-refractivity contribution is -0.132. The van der Waals surface area contributed by atoms with Crippen LogP contribution in [-0.2, 0) is 9.59 Å². The highest BCUT2D eigenvalue weighted by molar-refractivity contribution is 5.84. The summed E-state index contributed by atoms with van der Waals surface area (Å²) in [5.41, 5.74) is 0.0379. The molecular weight excluding hydrogens is 298 g/mol. The Morgan fingerprint density at radius 1 is 0.917 bits per heavy atom. The molecule has 1 aliphatic rings. The average Bonchev–Trinajstić information content (AvgIpc) is 2.43. The van der Waals surface area contributed by atoms with E-state index in [-0.39, 0.29) is 22.2 Å². The van der Waals surface area contributed by atoms with E-state index in [4.69, 9.17) is 0 Å². The van der Waals surface area contributed by atoms with Gasteiger partial charge < -0.3 is 4.90 Å². The van der Waals surface area contributed by atoms with Crippen molar-refractivity contribution in [3.8, 4) is 0 Å². The van der Waals surface area contributed by atoms with Crippen molar-refractivity contribution in [2.45, 2.75) is 87.5 Å². The summed E-state index contributed by atoms with van der Waals surface area (Å²) in [6.07, 6.45) is 4.84. The molecule has 0 aromatic carbocycles. The fourth-order valence-electron chi connectivity index (χ4n) is 3.68. The molecule has 1 saturated heterocycles. The Kier molecular flexibility index (Phi) is 6.69. The van der Waals surface area contributed by atoms with E-state index in [9.17, 15) is 9.59 Å². The van der Waals surface area contributed by atoms with E-state index < -0.39 is 0 Å². The van der Waals surface area contributed by atoms with Crippen LogP contribution in [0.2, 0.25) is 0 Å². The number of carbonyl (C=O) groups is 2. The van der Waals surface area contributed by atoms with Crippen LogP contribution < -0.4 is 0 Å². The molecule has 1 aliphatic heterocycles. The zero-order valence-electron chi connectivity index (χ0n) is 17.3. The number of rotatable bonds is 6. The molecule has 0 N–H and O–H groups in total. The maximum absolute atomic E-state index is 12.6. The van der Waals surface area contributed by atoms with Gasteiger partial charge in [-0.25, -0.2) is 0 Å². The maximum atomic E-state index is 12.6. The molecule has 0 aliphatic carbocycles. The number of carbonyl (C=O) groups excluding carboxylic acids is 2. The predicted octanol–water partition coefficient (Wildman–Crippen LogP) is 5.08. The Labute approximate surface area is 149 Å². The molecule has 0 aromatic rings. The van der Waals surface area contributed by atoms with E-state index >= 15 is 0 Å². The van der Waals surface area contributed by atoms with Crippen LogP contribution in [0.15, 0.2) is 0 Å². The normalized spacial score (nSPS) is 17.9. The molecule has 0 saturated carbocycles. The van der Waals surface area contributed by atoms with Crippen molar-refractivity contribution in [2.75, 3.05) is 13.1 Å². The van der Waals surface area contributed by atoms with Crippen molar-refractivity contribution < 1.29 is 9.59 Å². The van der Waals surface area contributed by atoms with Crippen LogP contribution in [0.25, 0.3) is 0 Å². The topological polar surface area (TPSA) is 37.4 Å². The third-order valence-corrected chi connectivity index (χ3v) is 5.89. The molecule has 0 radical (unpaired) electrons. The van der Waals surface area contributed by atoms with Crippen LogP contribution in [0.1, 0.15) is 87.5 Å². The minimum atomic E-state index is -0.245. The minimum absolute atomic E-state index is 0.0589. The van der Waals surface area contributed by atoms with Crippen LogP contribution >= 0.6 is 0 Å².